The molecule has 0 saturated carbocycles. The third kappa shape index (κ3) is 3.34. The summed E-state index contributed by atoms with van der Waals surface area (Å²) in [4.78, 5) is 10.5. The van der Waals surface area contributed by atoms with Crippen LogP contribution >= 0.6 is 0 Å². The van der Waals surface area contributed by atoms with Gasteiger partial charge in [0.05, 0.1) is 7.11 Å². The van der Waals surface area contributed by atoms with Crippen molar-refractivity contribution < 1.29 is 4.74 Å². The predicted octanol–water partition coefficient (Wildman–Crippen LogP) is 2.01. The van der Waals surface area contributed by atoms with E-state index in [2.05, 4.69) is 16.0 Å². The zero-order valence-corrected chi connectivity index (χ0v) is 11.4. The van der Waals surface area contributed by atoms with Crippen LogP contribution in [0.2, 0.25) is 0 Å². The maximum Gasteiger partial charge on any atom is 0.134 e. The number of aromatic nitrogens is 2. The van der Waals surface area contributed by atoms with Crippen LogP contribution < -0.4 is 15.4 Å². The third-order valence-electron chi connectivity index (χ3n) is 2.79. The van der Waals surface area contributed by atoms with Gasteiger partial charge in [0.1, 0.15) is 23.2 Å². The van der Waals surface area contributed by atoms with Crippen LogP contribution in [0.5, 0.6) is 5.75 Å². The van der Waals surface area contributed by atoms with E-state index in [1.54, 1.807) is 13.2 Å². The van der Waals surface area contributed by atoms with Crippen LogP contribution in [0.1, 0.15) is 11.4 Å². The lowest BCUT2D eigenvalue weighted by molar-refractivity contribution is 0.414. The minimum absolute atomic E-state index is 0.486. The van der Waals surface area contributed by atoms with Gasteiger partial charge in [0.2, 0.25) is 0 Å². The average Bonchev–Trinajstić information content (AvgIpc) is 2.37. The van der Waals surface area contributed by atoms with Crippen molar-refractivity contribution in [1.82, 2.24) is 9.97 Å². The second-order valence-electron chi connectivity index (χ2n) is 4.41. The minimum atomic E-state index is 0.486. The van der Waals surface area contributed by atoms with Crippen LogP contribution in [0.15, 0.2) is 30.3 Å². The molecule has 100 valence electrons. The van der Waals surface area contributed by atoms with E-state index in [4.69, 9.17) is 10.5 Å². The van der Waals surface area contributed by atoms with Crippen LogP contribution in [0.3, 0.4) is 0 Å². The van der Waals surface area contributed by atoms with Crippen LogP contribution in [-0.4, -0.2) is 24.1 Å². The van der Waals surface area contributed by atoms with Crippen molar-refractivity contribution >= 4 is 11.6 Å². The maximum absolute atomic E-state index is 5.74. The highest BCUT2D eigenvalue weighted by Gasteiger charge is 2.06. The quantitative estimate of drug-likeness (QED) is 0.908. The van der Waals surface area contributed by atoms with Gasteiger partial charge in [-0.2, -0.15) is 0 Å². The highest BCUT2D eigenvalue weighted by Crippen LogP contribution is 2.18. The monoisotopic (exact) mass is 258 g/mol. The van der Waals surface area contributed by atoms with Crippen molar-refractivity contribution in [3.63, 3.8) is 0 Å². The molecule has 0 atom stereocenters. The van der Waals surface area contributed by atoms with Gasteiger partial charge in [0.25, 0.3) is 0 Å². The van der Waals surface area contributed by atoms with E-state index in [9.17, 15) is 0 Å². The Kier molecular flexibility index (Phi) is 3.85. The summed E-state index contributed by atoms with van der Waals surface area (Å²) in [6.45, 7) is 2.56. The van der Waals surface area contributed by atoms with Gasteiger partial charge in [-0.3, -0.25) is 0 Å². The van der Waals surface area contributed by atoms with E-state index in [-0.39, 0.29) is 0 Å². The Morgan fingerprint density at radius 2 is 2.05 bits per heavy atom. The second-order valence-corrected chi connectivity index (χ2v) is 4.41. The molecule has 0 fully saturated rings. The summed E-state index contributed by atoms with van der Waals surface area (Å²) in [6, 6.07) is 9.73. The standard InChI is InChI=1S/C14H18N4O/c1-10-16-13(15)8-14(17-10)18(2)9-11-5-4-6-12(7-11)19-3/h4-8H,9H2,1-3H3,(H2,15,16,17). The minimum Gasteiger partial charge on any atom is -0.497 e. The van der Waals surface area contributed by atoms with E-state index < -0.39 is 0 Å². The number of methoxy groups -OCH3 is 1. The van der Waals surface area contributed by atoms with E-state index >= 15 is 0 Å². The highest BCUT2D eigenvalue weighted by atomic mass is 16.5. The first-order valence-corrected chi connectivity index (χ1v) is 6.03. The molecule has 0 aliphatic rings. The average molecular weight is 258 g/mol. The molecule has 1 aromatic carbocycles. The Hall–Kier alpha value is -2.30. The lowest BCUT2D eigenvalue weighted by Crippen LogP contribution is -2.18. The molecule has 0 bridgehead atoms. The molecule has 0 aliphatic heterocycles. The Bertz CT molecular complexity index is 551. The lowest BCUT2D eigenvalue weighted by Gasteiger charge is -2.19. The SMILES string of the molecule is COc1cccc(CN(C)c2cc(N)nc(C)n2)c1. The van der Waals surface area contributed by atoms with E-state index in [1.807, 2.05) is 37.1 Å². The van der Waals surface area contributed by atoms with Gasteiger partial charge in [-0.25, -0.2) is 9.97 Å². The summed E-state index contributed by atoms with van der Waals surface area (Å²) >= 11 is 0. The van der Waals surface area contributed by atoms with Crippen molar-refractivity contribution in [3.05, 3.63) is 41.7 Å². The lowest BCUT2D eigenvalue weighted by atomic mass is 10.2. The predicted molar refractivity (Wildman–Crippen MR) is 76.3 cm³/mol. The first-order chi connectivity index (χ1) is 9.08. The molecule has 1 heterocycles. The number of hydrogen-bond donors (Lipinski definition) is 1. The summed E-state index contributed by atoms with van der Waals surface area (Å²) in [5, 5.41) is 0. The molecule has 19 heavy (non-hydrogen) atoms. The summed E-state index contributed by atoms with van der Waals surface area (Å²) in [5.74, 6) is 2.82. The molecule has 0 saturated heterocycles. The smallest absolute Gasteiger partial charge is 0.134 e. The summed E-state index contributed by atoms with van der Waals surface area (Å²) < 4.78 is 5.22. The summed E-state index contributed by atoms with van der Waals surface area (Å²) in [6.07, 6.45) is 0. The first-order valence-electron chi connectivity index (χ1n) is 6.03. The molecule has 0 aliphatic carbocycles. The van der Waals surface area contributed by atoms with Crippen LogP contribution in [0.25, 0.3) is 0 Å². The van der Waals surface area contributed by atoms with E-state index in [1.165, 1.54) is 0 Å². The highest BCUT2D eigenvalue weighted by molar-refractivity contribution is 5.47. The van der Waals surface area contributed by atoms with Gasteiger partial charge < -0.3 is 15.4 Å². The van der Waals surface area contributed by atoms with E-state index in [0.717, 1.165) is 23.7 Å². The Morgan fingerprint density at radius 3 is 2.74 bits per heavy atom. The molecule has 2 rings (SSSR count). The third-order valence-corrected chi connectivity index (χ3v) is 2.79. The fourth-order valence-corrected chi connectivity index (χ4v) is 1.90. The molecule has 0 spiro atoms. The topological polar surface area (TPSA) is 64.3 Å². The fraction of sp³-hybridized carbons (Fsp3) is 0.286. The molecular formula is C14H18N4O. The molecule has 1 aromatic heterocycles. The number of hydrogen-bond acceptors (Lipinski definition) is 5. The zero-order chi connectivity index (χ0) is 13.8. The van der Waals surface area contributed by atoms with Gasteiger partial charge in [-0.15, -0.1) is 0 Å². The molecule has 0 unspecified atom stereocenters. The molecule has 0 amide bonds. The van der Waals surface area contributed by atoms with Crippen molar-refractivity contribution in [2.45, 2.75) is 13.5 Å². The number of rotatable bonds is 4. The first kappa shape index (κ1) is 13.1. The van der Waals surface area contributed by atoms with Crippen molar-refractivity contribution in [2.75, 3.05) is 24.8 Å². The number of nitrogen functional groups attached to an aromatic ring is 1. The van der Waals surface area contributed by atoms with E-state index in [0.29, 0.717) is 11.6 Å². The van der Waals surface area contributed by atoms with Crippen LogP contribution in [0.4, 0.5) is 11.6 Å². The molecule has 2 N–H and O–H groups in total. The second kappa shape index (κ2) is 5.56. The Labute approximate surface area is 113 Å². The normalized spacial score (nSPS) is 10.3. The van der Waals surface area contributed by atoms with Crippen LogP contribution in [0, 0.1) is 6.92 Å². The Morgan fingerprint density at radius 1 is 1.26 bits per heavy atom. The largest absolute Gasteiger partial charge is 0.497 e. The number of aryl methyl sites for hydroxylation is 1. The maximum atomic E-state index is 5.74. The van der Waals surface area contributed by atoms with Gasteiger partial charge in [0, 0.05) is 19.7 Å². The number of ether oxygens (including phenoxy) is 1. The number of nitrogens with two attached hydrogens (primary N) is 1. The molecule has 0 radical (unpaired) electrons. The molecular weight excluding hydrogens is 240 g/mol. The van der Waals surface area contributed by atoms with Gasteiger partial charge in [-0.05, 0) is 24.6 Å². The molecule has 5 nitrogen and oxygen atoms in total. The molecule has 5 heteroatoms. The number of benzene rings is 1. The molecule has 2 aromatic rings. The summed E-state index contributed by atoms with van der Waals surface area (Å²) in [5.41, 5.74) is 6.89. The van der Waals surface area contributed by atoms with Crippen molar-refractivity contribution in [1.29, 1.82) is 0 Å². The number of anilines is 2. The van der Waals surface area contributed by atoms with Crippen molar-refractivity contribution in [3.8, 4) is 5.75 Å². The van der Waals surface area contributed by atoms with Crippen LogP contribution in [-0.2, 0) is 6.54 Å². The fourth-order valence-electron chi connectivity index (χ4n) is 1.90. The van der Waals surface area contributed by atoms with Crippen molar-refractivity contribution in [2.24, 2.45) is 0 Å². The van der Waals surface area contributed by atoms with Gasteiger partial charge >= 0.3 is 0 Å². The van der Waals surface area contributed by atoms with Gasteiger partial charge in [0.15, 0.2) is 0 Å². The summed E-state index contributed by atoms with van der Waals surface area (Å²) in [7, 11) is 3.64. The number of nitrogens with zero attached hydrogens (tertiary/aromatic N) is 3. The van der Waals surface area contributed by atoms with Gasteiger partial charge in [-0.1, -0.05) is 12.1 Å². The zero-order valence-electron chi connectivity index (χ0n) is 11.4. The Balaban J connectivity index is 2.17.